The Bertz CT molecular complexity index is 648. The first-order chi connectivity index (χ1) is 9.04. The zero-order valence-corrected chi connectivity index (χ0v) is 10.2. The Morgan fingerprint density at radius 1 is 1.37 bits per heavy atom. The molecule has 0 aliphatic heterocycles. The number of benzene rings is 1. The molecule has 0 aliphatic carbocycles. The highest BCUT2D eigenvalue weighted by atomic mass is 16.5. The molecule has 1 aromatic carbocycles. The van der Waals surface area contributed by atoms with E-state index in [4.69, 9.17) is 11.5 Å². The molecule has 1 aromatic heterocycles. The number of hydrogen-bond acceptors (Lipinski definition) is 5. The molecule has 0 atom stereocenters. The molecule has 0 fully saturated rings. The van der Waals surface area contributed by atoms with Gasteiger partial charge in [-0.15, -0.1) is 0 Å². The monoisotopic (exact) mass is 260 g/mol. The lowest BCUT2D eigenvalue weighted by Gasteiger charge is -2.09. The third-order valence-electron chi connectivity index (χ3n) is 2.60. The van der Waals surface area contributed by atoms with Crippen LogP contribution in [0.4, 0.5) is 5.69 Å². The zero-order chi connectivity index (χ0) is 14.0. The number of para-hydroxylation sites is 1. The molecule has 2 rings (SSSR count). The van der Waals surface area contributed by atoms with E-state index in [1.54, 1.807) is 18.2 Å². The van der Waals surface area contributed by atoms with Crippen LogP contribution in [-0.4, -0.2) is 28.8 Å². The van der Waals surface area contributed by atoms with Gasteiger partial charge in [0.25, 0.3) is 5.91 Å². The zero-order valence-electron chi connectivity index (χ0n) is 10.2. The summed E-state index contributed by atoms with van der Waals surface area (Å²) in [6.45, 7) is 0. The minimum absolute atomic E-state index is 0.216. The second-order valence-corrected chi connectivity index (χ2v) is 3.77. The minimum atomic E-state index is -0.589. The van der Waals surface area contributed by atoms with Crippen molar-refractivity contribution in [2.24, 2.45) is 5.73 Å². The van der Waals surface area contributed by atoms with Gasteiger partial charge in [0.1, 0.15) is 0 Å². The third-order valence-corrected chi connectivity index (χ3v) is 2.60. The van der Waals surface area contributed by atoms with Crippen molar-refractivity contribution in [3.8, 4) is 5.69 Å². The van der Waals surface area contributed by atoms with Crippen LogP contribution in [0.1, 0.15) is 20.7 Å². The Morgan fingerprint density at radius 3 is 2.68 bits per heavy atom. The van der Waals surface area contributed by atoms with Crippen LogP contribution in [0.25, 0.3) is 5.69 Å². The molecular formula is C12H12N4O3. The van der Waals surface area contributed by atoms with Gasteiger partial charge < -0.3 is 16.2 Å². The summed E-state index contributed by atoms with van der Waals surface area (Å²) in [6.07, 6.45) is 2.77. The van der Waals surface area contributed by atoms with Crippen molar-refractivity contribution >= 4 is 17.6 Å². The Balaban J connectivity index is 2.50. The van der Waals surface area contributed by atoms with Crippen LogP contribution >= 0.6 is 0 Å². The number of primary amides is 1. The predicted octanol–water partition coefficient (Wildman–Crippen LogP) is 0.340. The molecule has 0 saturated heterocycles. The van der Waals surface area contributed by atoms with Crippen LogP contribution in [0.3, 0.4) is 0 Å². The summed E-state index contributed by atoms with van der Waals surface area (Å²) in [5.74, 6) is -1.13. The van der Waals surface area contributed by atoms with E-state index in [2.05, 4.69) is 9.84 Å². The maximum Gasteiger partial charge on any atom is 0.340 e. The second kappa shape index (κ2) is 4.81. The van der Waals surface area contributed by atoms with Crippen LogP contribution in [0, 0.1) is 0 Å². The van der Waals surface area contributed by atoms with Crippen molar-refractivity contribution in [1.82, 2.24) is 9.78 Å². The van der Waals surface area contributed by atoms with E-state index >= 15 is 0 Å². The van der Waals surface area contributed by atoms with Crippen LogP contribution < -0.4 is 11.5 Å². The number of nitrogens with two attached hydrogens (primary N) is 2. The molecule has 1 heterocycles. The van der Waals surface area contributed by atoms with Crippen molar-refractivity contribution in [3.63, 3.8) is 0 Å². The molecule has 0 radical (unpaired) electrons. The highest BCUT2D eigenvalue weighted by Crippen LogP contribution is 2.22. The number of carbonyl (C=O) groups is 2. The topological polar surface area (TPSA) is 113 Å². The molecule has 1 amide bonds. The maximum absolute atomic E-state index is 11.5. The molecule has 2 aromatic rings. The number of nitrogen functional groups attached to an aromatic ring is 1. The Labute approximate surface area is 108 Å². The van der Waals surface area contributed by atoms with Gasteiger partial charge in [0.15, 0.2) is 0 Å². The number of aromatic nitrogens is 2. The van der Waals surface area contributed by atoms with Crippen molar-refractivity contribution in [3.05, 3.63) is 41.7 Å². The van der Waals surface area contributed by atoms with E-state index in [1.165, 1.54) is 24.2 Å². The number of methoxy groups -OCH3 is 1. The van der Waals surface area contributed by atoms with E-state index in [9.17, 15) is 9.59 Å². The number of hydrogen-bond donors (Lipinski definition) is 2. The molecule has 0 saturated carbocycles. The summed E-state index contributed by atoms with van der Waals surface area (Å²) in [5, 5.41) is 3.98. The first-order valence-electron chi connectivity index (χ1n) is 5.36. The van der Waals surface area contributed by atoms with E-state index in [0.29, 0.717) is 5.69 Å². The van der Waals surface area contributed by atoms with Crippen molar-refractivity contribution in [2.75, 3.05) is 12.8 Å². The molecule has 7 heteroatoms. The van der Waals surface area contributed by atoms with Gasteiger partial charge in [-0.1, -0.05) is 6.07 Å². The molecule has 7 nitrogen and oxygen atoms in total. The van der Waals surface area contributed by atoms with Gasteiger partial charge in [-0.3, -0.25) is 4.79 Å². The molecular weight excluding hydrogens is 248 g/mol. The highest BCUT2D eigenvalue weighted by Gasteiger charge is 2.15. The average molecular weight is 260 g/mol. The summed E-state index contributed by atoms with van der Waals surface area (Å²) in [7, 11) is 1.27. The SMILES string of the molecule is COC(=O)c1cccc(-n2cc(C(N)=O)cn2)c1N. The fraction of sp³-hybridized carbons (Fsp3) is 0.0833. The Morgan fingerprint density at radius 2 is 2.11 bits per heavy atom. The largest absolute Gasteiger partial charge is 0.465 e. The number of rotatable bonds is 3. The van der Waals surface area contributed by atoms with E-state index < -0.39 is 11.9 Å². The van der Waals surface area contributed by atoms with Gasteiger partial charge in [0.2, 0.25) is 0 Å². The number of esters is 1. The number of carbonyl (C=O) groups excluding carboxylic acids is 2. The molecule has 98 valence electrons. The predicted molar refractivity (Wildman–Crippen MR) is 67.8 cm³/mol. The third kappa shape index (κ3) is 2.25. The fourth-order valence-corrected chi connectivity index (χ4v) is 1.62. The van der Waals surface area contributed by atoms with Crippen molar-refractivity contribution in [1.29, 1.82) is 0 Å². The van der Waals surface area contributed by atoms with Gasteiger partial charge >= 0.3 is 5.97 Å². The first kappa shape index (κ1) is 12.6. The second-order valence-electron chi connectivity index (χ2n) is 3.77. The molecule has 0 unspecified atom stereocenters. The van der Waals surface area contributed by atoms with E-state index in [-0.39, 0.29) is 16.8 Å². The van der Waals surface area contributed by atoms with Crippen LogP contribution in [0.15, 0.2) is 30.6 Å². The lowest BCUT2D eigenvalue weighted by atomic mass is 10.1. The summed E-state index contributed by atoms with van der Waals surface area (Å²) in [4.78, 5) is 22.5. The Kier molecular flexibility index (Phi) is 3.19. The van der Waals surface area contributed by atoms with E-state index in [0.717, 1.165) is 0 Å². The van der Waals surface area contributed by atoms with Gasteiger partial charge in [-0.05, 0) is 12.1 Å². The summed E-state index contributed by atoms with van der Waals surface area (Å²) in [6, 6.07) is 4.85. The van der Waals surface area contributed by atoms with Crippen molar-refractivity contribution < 1.29 is 14.3 Å². The Hall–Kier alpha value is -2.83. The molecule has 0 bridgehead atoms. The summed E-state index contributed by atoms with van der Waals surface area (Å²) in [5.41, 5.74) is 12.2. The summed E-state index contributed by atoms with van der Waals surface area (Å²) < 4.78 is 6.01. The molecule has 0 spiro atoms. The number of amides is 1. The van der Waals surface area contributed by atoms with Gasteiger partial charge in [-0.2, -0.15) is 5.10 Å². The quantitative estimate of drug-likeness (QED) is 0.610. The first-order valence-corrected chi connectivity index (χ1v) is 5.36. The molecule has 0 aliphatic rings. The fourth-order valence-electron chi connectivity index (χ4n) is 1.62. The molecule has 4 N–H and O–H groups in total. The van der Waals surface area contributed by atoms with Gasteiger partial charge in [0, 0.05) is 6.20 Å². The molecule has 19 heavy (non-hydrogen) atoms. The minimum Gasteiger partial charge on any atom is -0.465 e. The van der Waals surface area contributed by atoms with Crippen LogP contribution in [0.2, 0.25) is 0 Å². The highest BCUT2D eigenvalue weighted by molar-refractivity contribution is 5.97. The summed E-state index contributed by atoms with van der Waals surface area (Å²) >= 11 is 0. The average Bonchev–Trinajstić information content (AvgIpc) is 2.87. The van der Waals surface area contributed by atoms with Gasteiger partial charge in [-0.25, -0.2) is 9.48 Å². The number of ether oxygens (including phenoxy) is 1. The van der Waals surface area contributed by atoms with Crippen LogP contribution in [0.5, 0.6) is 0 Å². The van der Waals surface area contributed by atoms with E-state index in [1.807, 2.05) is 0 Å². The number of anilines is 1. The number of nitrogens with zero attached hydrogens (tertiary/aromatic N) is 2. The van der Waals surface area contributed by atoms with Crippen molar-refractivity contribution in [2.45, 2.75) is 0 Å². The lowest BCUT2D eigenvalue weighted by molar-refractivity contribution is 0.0601. The standard InChI is InChI=1S/C12H12N4O3/c1-19-12(18)8-3-2-4-9(10(8)13)16-6-7(5-15-16)11(14)17/h2-6H,13H2,1H3,(H2,14,17). The van der Waals surface area contributed by atoms with Gasteiger partial charge in [0.05, 0.1) is 35.8 Å². The lowest BCUT2D eigenvalue weighted by Crippen LogP contribution is -2.10. The maximum atomic E-state index is 11.5. The normalized spacial score (nSPS) is 10.2. The smallest absolute Gasteiger partial charge is 0.340 e. The van der Waals surface area contributed by atoms with Crippen LogP contribution in [-0.2, 0) is 4.74 Å².